The first-order valence-electron chi connectivity index (χ1n) is 11.3. The maximum Gasteiger partial charge on any atom is 0.224 e. The van der Waals surface area contributed by atoms with Crippen LogP contribution in [0.4, 0.5) is 23.4 Å². The fourth-order valence-electron chi connectivity index (χ4n) is 4.39. The summed E-state index contributed by atoms with van der Waals surface area (Å²) in [6.45, 7) is 5.76. The second-order valence-corrected chi connectivity index (χ2v) is 8.39. The van der Waals surface area contributed by atoms with E-state index in [0.717, 1.165) is 81.3 Å². The molecule has 10 heteroatoms. The van der Waals surface area contributed by atoms with Gasteiger partial charge in [0.05, 0.1) is 24.9 Å². The number of fused-ring (bicyclic) bond motifs is 1. The number of nitriles is 1. The van der Waals surface area contributed by atoms with Crippen molar-refractivity contribution in [2.45, 2.75) is 12.8 Å². The molecule has 170 valence electrons. The molecule has 0 aromatic carbocycles. The highest BCUT2D eigenvalue weighted by molar-refractivity contribution is 5.91. The van der Waals surface area contributed by atoms with Gasteiger partial charge < -0.3 is 25.6 Å². The molecule has 3 aromatic rings. The monoisotopic (exact) mass is 445 g/mol. The number of hydrogen-bond acceptors (Lipinski definition) is 10. The van der Waals surface area contributed by atoms with Crippen molar-refractivity contribution in [1.29, 1.82) is 5.26 Å². The van der Waals surface area contributed by atoms with Crippen molar-refractivity contribution in [3.05, 3.63) is 36.2 Å². The molecule has 2 aliphatic heterocycles. The Morgan fingerprint density at radius 1 is 1.12 bits per heavy atom. The smallest absolute Gasteiger partial charge is 0.224 e. The average molecular weight is 446 g/mol. The third-order valence-electron chi connectivity index (χ3n) is 6.30. The number of nitrogens with two attached hydrogens (primary N) is 1. The van der Waals surface area contributed by atoms with Gasteiger partial charge in [-0.1, -0.05) is 0 Å². The summed E-state index contributed by atoms with van der Waals surface area (Å²) in [7, 11) is 0. The summed E-state index contributed by atoms with van der Waals surface area (Å²) in [5.74, 6) is 3.14. The lowest BCUT2D eigenvalue weighted by molar-refractivity contribution is 0.122. The molecular formula is C23H27N9O. The van der Waals surface area contributed by atoms with E-state index in [1.165, 1.54) is 6.20 Å². The van der Waals surface area contributed by atoms with Crippen LogP contribution in [-0.2, 0) is 4.74 Å². The van der Waals surface area contributed by atoms with E-state index < -0.39 is 0 Å². The first-order chi connectivity index (χ1) is 16.2. The number of nitrogens with one attached hydrogen (secondary N) is 1. The van der Waals surface area contributed by atoms with Crippen LogP contribution in [-0.4, -0.2) is 65.9 Å². The number of nitrogen functional groups attached to an aromatic ring is 1. The molecule has 5 rings (SSSR count). The van der Waals surface area contributed by atoms with Crippen molar-refractivity contribution in [2.75, 3.05) is 66.8 Å². The molecule has 2 fully saturated rings. The topological polar surface area (TPSA) is 129 Å². The average Bonchev–Trinajstić information content (AvgIpc) is 2.88. The third-order valence-corrected chi connectivity index (χ3v) is 6.30. The van der Waals surface area contributed by atoms with Crippen molar-refractivity contribution < 1.29 is 4.74 Å². The van der Waals surface area contributed by atoms with E-state index >= 15 is 0 Å². The van der Waals surface area contributed by atoms with Crippen LogP contribution in [0.15, 0.2) is 30.6 Å². The normalized spacial score (nSPS) is 17.2. The molecule has 3 N–H and O–H groups in total. The highest BCUT2D eigenvalue weighted by Gasteiger charge is 2.24. The molecule has 2 saturated heterocycles. The van der Waals surface area contributed by atoms with Crippen LogP contribution in [0.2, 0.25) is 0 Å². The lowest BCUT2D eigenvalue weighted by Crippen LogP contribution is -2.38. The van der Waals surface area contributed by atoms with Crippen LogP contribution in [0, 0.1) is 17.2 Å². The van der Waals surface area contributed by atoms with Crippen LogP contribution in [0.25, 0.3) is 10.9 Å². The van der Waals surface area contributed by atoms with Gasteiger partial charge in [-0.05, 0) is 30.9 Å². The zero-order valence-electron chi connectivity index (χ0n) is 18.4. The van der Waals surface area contributed by atoms with Crippen LogP contribution in [0.3, 0.4) is 0 Å². The van der Waals surface area contributed by atoms with E-state index in [4.69, 9.17) is 20.7 Å². The molecule has 0 aliphatic carbocycles. The Balaban J connectivity index is 1.27. The molecule has 0 bridgehead atoms. The van der Waals surface area contributed by atoms with Gasteiger partial charge in [-0.2, -0.15) is 10.2 Å². The number of anilines is 4. The number of hydrogen-bond donors (Lipinski definition) is 2. The largest absolute Gasteiger partial charge is 0.382 e. The molecule has 0 amide bonds. The first-order valence-corrected chi connectivity index (χ1v) is 11.3. The van der Waals surface area contributed by atoms with Crippen molar-refractivity contribution in [1.82, 2.24) is 19.9 Å². The second kappa shape index (κ2) is 9.42. The van der Waals surface area contributed by atoms with Crippen molar-refractivity contribution >= 4 is 34.3 Å². The predicted octanol–water partition coefficient (Wildman–Crippen LogP) is 2.04. The summed E-state index contributed by atoms with van der Waals surface area (Å²) in [5, 5.41) is 13.3. The Morgan fingerprint density at radius 3 is 2.70 bits per heavy atom. The van der Waals surface area contributed by atoms with Gasteiger partial charge in [0.1, 0.15) is 29.1 Å². The number of rotatable bonds is 5. The number of nitrogens with zero attached hydrogens (tertiary/aromatic N) is 7. The first kappa shape index (κ1) is 21.2. The summed E-state index contributed by atoms with van der Waals surface area (Å²) in [4.78, 5) is 22.7. The highest BCUT2D eigenvalue weighted by atomic mass is 16.5. The summed E-state index contributed by atoms with van der Waals surface area (Å²) >= 11 is 0. The molecule has 5 heterocycles. The summed E-state index contributed by atoms with van der Waals surface area (Å²) in [6, 6.07) is 8.15. The fraction of sp³-hybridized carbons (Fsp3) is 0.435. The van der Waals surface area contributed by atoms with E-state index in [1.807, 2.05) is 18.3 Å². The summed E-state index contributed by atoms with van der Waals surface area (Å²) < 4.78 is 5.51. The second-order valence-electron chi connectivity index (χ2n) is 8.39. The van der Waals surface area contributed by atoms with Crippen LogP contribution < -0.4 is 20.9 Å². The third kappa shape index (κ3) is 4.59. The minimum Gasteiger partial charge on any atom is -0.382 e. The number of piperidine rings is 1. The molecule has 2 aliphatic rings. The zero-order chi connectivity index (χ0) is 22.6. The highest BCUT2D eigenvalue weighted by Crippen LogP contribution is 2.31. The van der Waals surface area contributed by atoms with Gasteiger partial charge in [-0.15, -0.1) is 0 Å². The standard InChI is InChI=1S/C23H27N9O/c24-13-17-15-28-23(30-21(17)25)27-14-16-3-6-32(7-4-16)22-18-2-1-5-26-19(18)12-20(29-22)31-8-10-33-11-9-31/h1-2,5,12,15-16H,3-4,6-11,14H2,(H3,25,27,28,30). The molecule has 0 spiro atoms. The summed E-state index contributed by atoms with van der Waals surface area (Å²) in [6.07, 6.45) is 5.36. The van der Waals surface area contributed by atoms with Gasteiger partial charge in [-0.3, -0.25) is 4.98 Å². The minimum absolute atomic E-state index is 0.205. The van der Waals surface area contributed by atoms with Crippen LogP contribution in [0.1, 0.15) is 18.4 Å². The maximum absolute atomic E-state index is 8.97. The lowest BCUT2D eigenvalue weighted by atomic mass is 9.96. The van der Waals surface area contributed by atoms with E-state index in [2.05, 4.69) is 42.2 Å². The van der Waals surface area contributed by atoms with Crippen LogP contribution in [0.5, 0.6) is 0 Å². The van der Waals surface area contributed by atoms with Crippen molar-refractivity contribution in [3.63, 3.8) is 0 Å². The maximum atomic E-state index is 8.97. The van der Waals surface area contributed by atoms with Gasteiger partial charge in [-0.25, -0.2) is 9.97 Å². The SMILES string of the molecule is N#Cc1cnc(NCC2CCN(c3nc(N4CCOCC4)cc4ncccc34)CC2)nc1N. The number of ether oxygens (including phenoxy) is 1. The molecule has 0 atom stereocenters. The van der Waals surface area contributed by atoms with E-state index in [0.29, 0.717) is 17.4 Å². The number of pyridine rings is 2. The van der Waals surface area contributed by atoms with Gasteiger partial charge in [0.15, 0.2) is 0 Å². The molecule has 3 aromatic heterocycles. The Morgan fingerprint density at radius 2 is 1.94 bits per heavy atom. The van der Waals surface area contributed by atoms with Crippen LogP contribution >= 0.6 is 0 Å². The molecule has 0 radical (unpaired) electrons. The Bertz CT molecular complexity index is 1160. The van der Waals surface area contributed by atoms with Gasteiger partial charge >= 0.3 is 0 Å². The molecular weight excluding hydrogens is 418 g/mol. The predicted molar refractivity (Wildman–Crippen MR) is 127 cm³/mol. The van der Waals surface area contributed by atoms with Crippen molar-refractivity contribution in [3.8, 4) is 6.07 Å². The Kier molecular flexibility index (Phi) is 6.04. The van der Waals surface area contributed by atoms with E-state index in [-0.39, 0.29) is 5.82 Å². The molecule has 33 heavy (non-hydrogen) atoms. The Hall–Kier alpha value is -3.71. The number of morpholine rings is 1. The minimum atomic E-state index is 0.205. The zero-order valence-corrected chi connectivity index (χ0v) is 18.4. The fourth-order valence-corrected chi connectivity index (χ4v) is 4.39. The van der Waals surface area contributed by atoms with E-state index in [9.17, 15) is 0 Å². The van der Waals surface area contributed by atoms with Gasteiger partial charge in [0.25, 0.3) is 0 Å². The molecule has 0 unspecified atom stereocenters. The Labute approximate surface area is 192 Å². The quantitative estimate of drug-likeness (QED) is 0.602. The van der Waals surface area contributed by atoms with Crippen molar-refractivity contribution in [2.24, 2.45) is 5.92 Å². The number of aromatic nitrogens is 4. The van der Waals surface area contributed by atoms with E-state index in [1.54, 1.807) is 0 Å². The van der Waals surface area contributed by atoms with Gasteiger partial charge in [0, 0.05) is 50.4 Å². The lowest BCUT2D eigenvalue weighted by Gasteiger charge is -2.34. The van der Waals surface area contributed by atoms with Gasteiger partial charge in [0.2, 0.25) is 5.95 Å². The molecule has 0 saturated carbocycles. The summed E-state index contributed by atoms with van der Waals surface area (Å²) in [5.41, 5.74) is 7.06. The molecule has 10 nitrogen and oxygen atoms in total.